The molecule has 20 heavy (non-hydrogen) atoms. The van der Waals surface area contributed by atoms with E-state index in [0.717, 1.165) is 0 Å². The number of piperazine rings is 1. The van der Waals surface area contributed by atoms with E-state index in [0.29, 0.717) is 31.9 Å². The van der Waals surface area contributed by atoms with Gasteiger partial charge in [-0.05, 0) is 6.92 Å². The van der Waals surface area contributed by atoms with Gasteiger partial charge in [-0.15, -0.1) is 0 Å². The van der Waals surface area contributed by atoms with Crippen LogP contribution in [0.1, 0.15) is 12.6 Å². The van der Waals surface area contributed by atoms with E-state index in [1.54, 1.807) is 16.7 Å². The molecule has 2 rings (SSSR count). The van der Waals surface area contributed by atoms with Crippen molar-refractivity contribution in [2.45, 2.75) is 20.4 Å². The Morgan fingerprint density at radius 2 is 1.80 bits per heavy atom. The van der Waals surface area contributed by atoms with Crippen LogP contribution in [0.5, 0.6) is 0 Å². The summed E-state index contributed by atoms with van der Waals surface area (Å²) in [5.74, 6) is -0.1000. The van der Waals surface area contributed by atoms with Gasteiger partial charge in [0.05, 0.1) is 6.33 Å². The van der Waals surface area contributed by atoms with Gasteiger partial charge in [-0.25, -0.2) is 4.98 Å². The summed E-state index contributed by atoms with van der Waals surface area (Å²) in [5.41, 5.74) is 0.405. The van der Waals surface area contributed by atoms with Crippen molar-refractivity contribution in [2.24, 2.45) is 0 Å². The molecule has 0 aliphatic carbocycles. The minimum Gasteiger partial charge on any atom is -0.339 e. The van der Waals surface area contributed by atoms with Crippen LogP contribution < -0.4 is 5.56 Å². The summed E-state index contributed by atoms with van der Waals surface area (Å²) in [5, 5.41) is 0. The van der Waals surface area contributed by atoms with Gasteiger partial charge in [0.1, 0.15) is 6.54 Å². The molecule has 0 aromatic carbocycles. The van der Waals surface area contributed by atoms with Crippen LogP contribution in [0, 0.1) is 6.92 Å². The number of carbonyl (C=O) groups is 2. The maximum absolute atomic E-state index is 12.1. The lowest BCUT2D eigenvalue weighted by Crippen LogP contribution is -2.51. The van der Waals surface area contributed by atoms with Crippen molar-refractivity contribution in [1.29, 1.82) is 0 Å². The van der Waals surface area contributed by atoms with E-state index in [2.05, 4.69) is 4.98 Å². The molecule has 0 saturated carbocycles. The van der Waals surface area contributed by atoms with Crippen molar-refractivity contribution in [1.82, 2.24) is 19.4 Å². The highest BCUT2D eigenvalue weighted by molar-refractivity contribution is 5.77. The first-order chi connectivity index (χ1) is 9.47. The number of hydrogen-bond donors (Lipinski definition) is 0. The van der Waals surface area contributed by atoms with Crippen LogP contribution in [0.2, 0.25) is 0 Å². The fourth-order valence-electron chi connectivity index (χ4n) is 2.15. The largest absolute Gasteiger partial charge is 0.339 e. The molecule has 0 unspecified atom stereocenters. The molecule has 7 nitrogen and oxygen atoms in total. The highest BCUT2D eigenvalue weighted by Crippen LogP contribution is 2.03. The number of carbonyl (C=O) groups excluding carboxylic acids is 2. The van der Waals surface area contributed by atoms with Crippen molar-refractivity contribution in [3.63, 3.8) is 0 Å². The number of aromatic nitrogens is 2. The number of rotatable bonds is 2. The van der Waals surface area contributed by atoms with Crippen molar-refractivity contribution < 1.29 is 9.59 Å². The zero-order valence-corrected chi connectivity index (χ0v) is 11.7. The Labute approximate surface area is 116 Å². The van der Waals surface area contributed by atoms with E-state index in [4.69, 9.17) is 0 Å². The van der Waals surface area contributed by atoms with Crippen molar-refractivity contribution >= 4 is 11.8 Å². The van der Waals surface area contributed by atoms with Crippen LogP contribution in [0.3, 0.4) is 0 Å². The average Bonchev–Trinajstić information content (AvgIpc) is 2.42. The second-order valence-electron chi connectivity index (χ2n) is 4.88. The summed E-state index contributed by atoms with van der Waals surface area (Å²) < 4.78 is 1.30. The monoisotopic (exact) mass is 278 g/mol. The smallest absolute Gasteiger partial charge is 0.253 e. The fourth-order valence-corrected chi connectivity index (χ4v) is 2.15. The second kappa shape index (κ2) is 5.85. The first kappa shape index (κ1) is 14.2. The van der Waals surface area contributed by atoms with Crippen LogP contribution >= 0.6 is 0 Å². The van der Waals surface area contributed by atoms with E-state index < -0.39 is 0 Å². The molecule has 0 bridgehead atoms. The van der Waals surface area contributed by atoms with Gasteiger partial charge in [0.25, 0.3) is 5.56 Å². The summed E-state index contributed by atoms with van der Waals surface area (Å²) in [6.07, 6.45) is 1.39. The van der Waals surface area contributed by atoms with Gasteiger partial charge in [-0.2, -0.15) is 0 Å². The topological polar surface area (TPSA) is 75.5 Å². The Morgan fingerprint density at radius 3 is 2.35 bits per heavy atom. The van der Waals surface area contributed by atoms with E-state index >= 15 is 0 Å². The molecule has 0 N–H and O–H groups in total. The van der Waals surface area contributed by atoms with E-state index in [-0.39, 0.29) is 23.9 Å². The van der Waals surface area contributed by atoms with Crippen LogP contribution in [0.15, 0.2) is 17.2 Å². The molecule has 108 valence electrons. The first-order valence-electron chi connectivity index (χ1n) is 6.54. The molecule has 0 atom stereocenters. The van der Waals surface area contributed by atoms with Gasteiger partial charge in [0.2, 0.25) is 11.8 Å². The second-order valence-corrected chi connectivity index (χ2v) is 4.88. The lowest BCUT2D eigenvalue weighted by atomic mass is 10.3. The molecular formula is C13H18N4O3. The Morgan fingerprint density at radius 1 is 1.20 bits per heavy atom. The van der Waals surface area contributed by atoms with Crippen LogP contribution in [-0.2, 0) is 16.1 Å². The van der Waals surface area contributed by atoms with Gasteiger partial charge in [-0.1, -0.05) is 0 Å². The molecule has 7 heteroatoms. The molecule has 2 amide bonds. The summed E-state index contributed by atoms with van der Waals surface area (Å²) in [6.45, 7) is 5.35. The zero-order chi connectivity index (χ0) is 14.7. The molecular weight excluding hydrogens is 260 g/mol. The van der Waals surface area contributed by atoms with Crippen LogP contribution in [0.25, 0.3) is 0 Å². The average molecular weight is 278 g/mol. The summed E-state index contributed by atoms with van der Waals surface area (Å²) >= 11 is 0. The number of nitrogens with zero attached hydrogens (tertiary/aromatic N) is 4. The lowest BCUT2D eigenvalue weighted by Gasteiger charge is -2.34. The maximum atomic E-state index is 12.1. The Balaban J connectivity index is 1.96. The maximum Gasteiger partial charge on any atom is 0.253 e. The predicted molar refractivity (Wildman–Crippen MR) is 72.1 cm³/mol. The summed E-state index contributed by atoms with van der Waals surface area (Å²) in [6, 6.07) is 1.40. The first-order valence-corrected chi connectivity index (χ1v) is 6.54. The third-order valence-electron chi connectivity index (χ3n) is 3.40. The molecule has 1 aromatic heterocycles. The Bertz CT molecular complexity index is 573. The quantitative estimate of drug-likeness (QED) is 0.713. The molecule has 1 aliphatic heterocycles. The highest BCUT2D eigenvalue weighted by Gasteiger charge is 2.22. The van der Waals surface area contributed by atoms with Gasteiger partial charge < -0.3 is 9.80 Å². The lowest BCUT2D eigenvalue weighted by molar-refractivity contribution is -0.138. The van der Waals surface area contributed by atoms with E-state index in [9.17, 15) is 14.4 Å². The number of amides is 2. The number of hydrogen-bond acceptors (Lipinski definition) is 4. The van der Waals surface area contributed by atoms with E-state index in [1.807, 2.05) is 0 Å². The van der Waals surface area contributed by atoms with Crippen molar-refractivity contribution in [3.05, 3.63) is 28.4 Å². The Kier molecular flexibility index (Phi) is 4.16. The van der Waals surface area contributed by atoms with Gasteiger partial charge in [0, 0.05) is 44.9 Å². The normalized spacial score (nSPS) is 15.3. The predicted octanol–water partition coefficient (Wildman–Crippen LogP) is -0.758. The zero-order valence-electron chi connectivity index (χ0n) is 11.7. The summed E-state index contributed by atoms with van der Waals surface area (Å²) in [4.78, 5) is 42.4. The van der Waals surface area contributed by atoms with Gasteiger partial charge in [-0.3, -0.25) is 19.0 Å². The summed E-state index contributed by atoms with van der Waals surface area (Å²) in [7, 11) is 0. The van der Waals surface area contributed by atoms with Gasteiger partial charge in [0.15, 0.2) is 0 Å². The molecule has 1 fully saturated rings. The molecule has 2 heterocycles. The highest BCUT2D eigenvalue weighted by atomic mass is 16.2. The molecule has 1 saturated heterocycles. The molecule has 0 spiro atoms. The standard InChI is InChI=1S/C13H18N4O3/c1-10-7-12(19)17(9-14-10)8-13(20)16-5-3-15(4-6-16)11(2)18/h7,9H,3-6,8H2,1-2H3. The van der Waals surface area contributed by atoms with E-state index in [1.165, 1.54) is 23.9 Å². The van der Waals surface area contributed by atoms with Crippen LogP contribution in [0.4, 0.5) is 0 Å². The van der Waals surface area contributed by atoms with Crippen molar-refractivity contribution in [2.75, 3.05) is 26.2 Å². The Hall–Kier alpha value is -2.18. The third kappa shape index (κ3) is 3.23. The van der Waals surface area contributed by atoms with Gasteiger partial charge >= 0.3 is 0 Å². The minimum absolute atomic E-state index is 0.00775. The van der Waals surface area contributed by atoms with Crippen molar-refractivity contribution in [3.8, 4) is 0 Å². The molecule has 0 radical (unpaired) electrons. The number of aryl methyl sites for hydroxylation is 1. The SMILES string of the molecule is CC(=O)N1CCN(C(=O)Cn2cnc(C)cc2=O)CC1. The molecule has 1 aliphatic rings. The fraction of sp³-hybridized carbons (Fsp3) is 0.538. The third-order valence-corrected chi connectivity index (χ3v) is 3.40. The van der Waals surface area contributed by atoms with Crippen LogP contribution in [-0.4, -0.2) is 57.3 Å². The minimum atomic E-state index is -0.228. The molecule has 1 aromatic rings.